The average molecular weight is 220 g/mol. The van der Waals surface area contributed by atoms with E-state index < -0.39 is 0 Å². The summed E-state index contributed by atoms with van der Waals surface area (Å²) in [7, 11) is 0. The monoisotopic (exact) mass is 220 g/mol. The van der Waals surface area contributed by atoms with Crippen LogP contribution in [-0.2, 0) is 6.54 Å². The molecule has 0 bridgehead atoms. The number of rotatable bonds is 2. The van der Waals surface area contributed by atoms with Crippen LogP contribution in [0.2, 0.25) is 0 Å². The van der Waals surface area contributed by atoms with Gasteiger partial charge in [-0.15, -0.1) is 11.3 Å². The Morgan fingerprint density at radius 3 is 2.47 bits per heavy atom. The molecule has 0 saturated carbocycles. The minimum Gasteiger partial charge on any atom is -0.346 e. The normalized spacial score (nSPS) is 10.9. The Bertz CT molecular complexity index is 480. The molecule has 2 aromatic heterocycles. The van der Waals surface area contributed by atoms with Crippen molar-refractivity contribution in [1.29, 1.82) is 0 Å². The summed E-state index contributed by atoms with van der Waals surface area (Å²) in [6.07, 6.45) is 4.20. The second-order valence-electron chi connectivity index (χ2n) is 4.00. The van der Waals surface area contributed by atoms with E-state index >= 15 is 0 Å². The maximum atomic E-state index is 4.28. The third kappa shape index (κ3) is 1.97. The smallest absolute Gasteiger partial charge is 0.0897 e. The van der Waals surface area contributed by atoms with E-state index in [9.17, 15) is 0 Å². The van der Waals surface area contributed by atoms with Gasteiger partial charge in [0.15, 0.2) is 0 Å². The van der Waals surface area contributed by atoms with Gasteiger partial charge < -0.3 is 4.57 Å². The number of hydrogen-bond donors (Lipinski definition) is 0. The quantitative estimate of drug-likeness (QED) is 0.760. The first-order valence-corrected chi connectivity index (χ1v) is 5.94. The number of nitrogens with zero attached hydrogens (tertiary/aromatic N) is 2. The molecule has 0 aliphatic carbocycles. The molecule has 0 aliphatic heterocycles. The van der Waals surface area contributed by atoms with Crippen molar-refractivity contribution in [3.05, 3.63) is 39.1 Å². The molecule has 2 aromatic rings. The molecule has 0 atom stereocenters. The Morgan fingerprint density at radius 2 is 2.00 bits per heavy atom. The van der Waals surface area contributed by atoms with Gasteiger partial charge in [-0.1, -0.05) is 0 Å². The fourth-order valence-electron chi connectivity index (χ4n) is 1.74. The van der Waals surface area contributed by atoms with E-state index in [-0.39, 0.29) is 0 Å². The van der Waals surface area contributed by atoms with Crippen LogP contribution in [0.15, 0.2) is 12.4 Å². The largest absolute Gasteiger partial charge is 0.346 e. The fourth-order valence-corrected chi connectivity index (χ4v) is 2.53. The minimum absolute atomic E-state index is 0.950. The number of hydrogen-bond acceptors (Lipinski definition) is 2. The van der Waals surface area contributed by atoms with Crippen molar-refractivity contribution in [3.63, 3.8) is 0 Å². The summed E-state index contributed by atoms with van der Waals surface area (Å²) < 4.78 is 2.30. The summed E-state index contributed by atoms with van der Waals surface area (Å²) >= 11 is 1.77. The maximum absolute atomic E-state index is 4.28. The van der Waals surface area contributed by atoms with Gasteiger partial charge in [-0.05, 0) is 38.8 Å². The van der Waals surface area contributed by atoms with Crippen molar-refractivity contribution in [1.82, 2.24) is 9.55 Å². The molecular formula is C12H16N2S. The van der Waals surface area contributed by atoms with Gasteiger partial charge in [0.2, 0.25) is 0 Å². The third-order valence-electron chi connectivity index (χ3n) is 2.91. The van der Waals surface area contributed by atoms with Crippen LogP contribution in [-0.4, -0.2) is 9.55 Å². The van der Waals surface area contributed by atoms with Crippen LogP contribution in [0, 0.1) is 27.7 Å². The molecular weight excluding hydrogens is 204 g/mol. The predicted molar refractivity (Wildman–Crippen MR) is 64.6 cm³/mol. The first-order chi connectivity index (χ1) is 7.08. The highest BCUT2D eigenvalue weighted by molar-refractivity contribution is 7.11. The maximum Gasteiger partial charge on any atom is 0.0897 e. The third-order valence-corrected chi connectivity index (χ3v) is 3.81. The van der Waals surface area contributed by atoms with Crippen LogP contribution in [0.3, 0.4) is 0 Å². The zero-order valence-electron chi connectivity index (χ0n) is 9.66. The second-order valence-corrected chi connectivity index (χ2v) is 5.32. The molecule has 80 valence electrons. The summed E-state index contributed by atoms with van der Waals surface area (Å²) in [5.41, 5.74) is 4.13. The summed E-state index contributed by atoms with van der Waals surface area (Å²) in [5.74, 6) is 0. The molecule has 0 unspecified atom stereocenters. The van der Waals surface area contributed by atoms with Gasteiger partial charge in [-0.3, -0.25) is 0 Å². The standard InChI is InChI=1S/C12H16N2S/c1-8-6-14(10(3)9(8)2)7-12-5-13-11(4)15-12/h5-6H,7H2,1-4H3. The van der Waals surface area contributed by atoms with Gasteiger partial charge in [0, 0.05) is 23.0 Å². The number of thiazole rings is 1. The van der Waals surface area contributed by atoms with E-state index in [1.807, 2.05) is 13.1 Å². The van der Waals surface area contributed by atoms with Crippen LogP contribution < -0.4 is 0 Å². The van der Waals surface area contributed by atoms with Crippen LogP contribution in [0.4, 0.5) is 0 Å². The summed E-state index contributed by atoms with van der Waals surface area (Å²) in [4.78, 5) is 5.60. The Kier molecular flexibility index (Phi) is 2.65. The molecule has 0 amide bonds. The van der Waals surface area contributed by atoms with Crippen molar-refractivity contribution < 1.29 is 0 Å². The lowest BCUT2D eigenvalue weighted by molar-refractivity contribution is 0.782. The Morgan fingerprint density at radius 1 is 1.27 bits per heavy atom. The van der Waals surface area contributed by atoms with E-state index in [1.54, 1.807) is 11.3 Å². The second kappa shape index (κ2) is 3.81. The highest BCUT2D eigenvalue weighted by Crippen LogP contribution is 2.19. The van der Waals surface area contributed by atoms with Gasteiger partial charge in [0.25, 0.3) is 0 Å². The summed E-state index contributed by atoms with van der Waals surface area (Å²) in [5, 5.41) is 1.14. The Hall–Kier alpha value is -1.09. The molecule has 2 nitrogen and oxygen atoms in total. The van der Waals surface area contributed by atoms with E-state index in [1.165, 1.54) is 21.7 Å². The van der Waals surface area contributed by atoms with Crippen molar-refractivity contribution in [2.45, 2.75) is 34.2 Å². The van der Waals surface area contributed by atoms with E-state index in [0.717, 1.165) is 11.6 Å². The molecule has 0 radical (unpaired) electrons. The molecule has 2 rings (SSSR count). The zero-order valence-corrected chi connectivity index (χ0v) is 10.5. The highest BCUT2D eigenvalue weighted by Gasteiger charge is 2.06. The molecule has 2 heterocycles. The van der Waals surface area contributed by atoms with Crippen LogP contribution in [0.25, 0.3) is 0 Å². The van der Waals surface area contributed by atoms with Gasteiger partial charge in [-0.25, -0.2) is 4.98 Å². The Balaban J connectivity index is 2.28. The number of aromatic nitrogens is 2. The van der Waals surface area contributed by atoms with Gasteiger partial charge in [0.05, 0.1) is 11.6 Å². The van der Waals surface area contributed by atoms with E-state index in [2.05, 4.69) is 36.5 Å². The molecule has 0 aromatic carbocycles. The van der Waals surface area contributed by atoms with Crippen molar-refractivity contribution in [2.75, 3.05) is 0 Å². The Labute approximate surface area is 94.6 Å². The molecule has 0 fully saturated rings. The lowest BCUT2D eigenvalue weighted by Crippen LogP contribution is -1.98. The lowest BCUT2D eigenvalue weighted by Gasteiger charge is -2.03. The van der Waals surface area contributed by atoms with Crippen molar-refractivity contribution >= 4 is 11.3 Å². The molecule has 0 N–H and O–H groups in total. The molecule has 0 saturated heterocycles. The highest BCUT2D eigenvalue weighted by atomic mass is 32.1. The van der Waals surface area contributed by atoms with E-state index in [4.69, 9.17) is 0 Å². The molecule has 0 spiro atoms. The summed E-state index contributed by atoms with van der Waals surface area (Å²) in [6.45, 7) is 9.52. The predicted octanol–water partition coefficient (Wildman–Crippen LogP) is 3.23. The lowest BCUT2D eigenvalue weighted by atomic mass is 10.2. The molecule has 3 heteroatoms. The van der Waals surface area contributed by atoms with Gasteiger partial charge >= 0.3 is 0 Å². The first kappa shape index (κ1) is 10.4. The fraction of sp³-hybridized carbons (Fsp3) is 0.417. The molecule has 15 heavy (non-hydrogen) atoms. The SMILES string of the molecule is Cc1ncc(Cn2cc(C)c(C)c2C)s1. The average Bonchev–Trinajstić information content (AvgIpc) is 2.68. The van der Waals surface area contributed by atoms with Crippen LogP contribution in [0.1, 0.15) is 26.7 Å². The van der Waals surface area contributed by atoms with Crippen LogP contribution >= 0.6 is 11.3 Å². The molecule has 0 aliphatic rings. The van der Waals surface area contributed by atoms with Gasteiger partial charge in [-0.2, -0.15) is 0 Å². The zero-order chi connectivity index (χ0) is 11.0. The van der Waals surface area contributed by atoms with E-state index in [0.29, 0.717) is 0 Å². The van der Waals surface area contributed by atoms with Crippen molar-refractivity contribution in [3.8, 4) is 0 Å². The minimum atomic E-state index is 0.950. The summed E-state index contributed by atoms with van der Waals surface area (Å²) in [6, 6.07) is 0. The first-order valence-electron chi connectivity index (χ1n) is 5.12. The number of aryl methyl sites for hydroxylation is 2. The van der Waals surface area contributed by atoms with Crippen molar-refractivity contribution in [2.24, 2.45) is 0 Å². The topological polar surface area (TPSA) is 17.8 Å². The van der Waals surface area contributed by atoms with Gasteiger partial charge in [0.1, 0.15) is 0 Å². The van der Waals surface area contributed by atoms with Crippen LogP contribution in [0.5, 0.6) is 0 Å².